The summed E-state index contributed by atoms with van der Waals surface area (Å²) in [5.41, 5.74) is 3.01. The van der Waals surface area contributed by atoms with E-state index in [0.29, 0.717) is 23.5 Å². The molecule has 0 aliphatic rings. The molecule has 0 aliphatic heterocycles. The minimum absolute atomic E-state index is 0.301. The SMILES string of the molecule is COC(=O)/C=C\c1cc(-c2ccc(OC(F)(F)F)cc2)ccc1OCc1ccccc1. The molecule has 31 heavy (non-hydrogen) atoms. The molecule has 0 spiro atoms. The molecule has 0 unspecified atom stereocenters. The Morgan fingerprint density at radius 2 is 1.61 bits per heavy atom. The molecule has 0 aromatic heterocycles. The zero-order valence-corrected chi connectivity index (χ0v) is 16.6. The number of hydrogen-bond donors (Lipinski definition) is 0. The minimum Gasteiger partial charge on any atom is -0.488 e. The lowest BCUT2D eigenvalue weighted by atomic mass is 10.0. The molecule has 0 fully saturated rings. The van der Waals surface area contributed by atoms with Crippen molar-refractivity contribution in [2.75, 3.05) is 7.11 Å². The number of rotatable bonds is 7. The van der Waals surface area contributed by atoms with E-state index in [1.54, 1.807) is 24.3 Å². The van der Waals surface area contributed by atoms with Gasteiger partial charge in [-0.2, -0.15) is 0 Å². The number of methoxy groups -OCH3 is 1. The third kappa shape index (κ3) is 6.64. The minimum atomic E-state index is -4.74. The van der Waals surface area contributed by atoms with Crippen LogP contribution in [0.4, 0.5) is 13.2 Å². The summed E-state index contributed by atoms with van der Waals surface area (Å²) >= 11 is 0. The first-order valence-corrected chi connectivity index (χ1v) is 9.27. The van der Waals surface area contributed by atoms with Crippen LogP contribution >= 0.6 is 0 Å². The normalized spacial score (nSPS) is 11.4. The largest absolute Gasteiger partial charge is 0.573 e. The van der Waals surface area contributed by atoms with E-state index in [1.807, 2.05) is 30.3 Å². The maximum atomic E-state index is 12.4. The summed E-state index contributed by atoms with van der Waals surface area (Å²) < 4.78 is 51.5. The number of carbonyl (C=O) groups is 1. The molecule has 3 aromatic rings. The molecule has 0 atom stereocenters. The average molecular weight is 428 g/mol. The van der Waals surface area contributed by atoms with Gasteiger partial charge in [-0.3, -0.25) is 0 Å². The molecule has 7 heteroatoms. The zero-order chi connectivity index (χ0) is 22.3. The van der Waals surface area contributed by atoms with E-state index >= 15 is 0 Å². The fourth-order valence-corrected chi connectivity index (χ4v) is 2.80. The molecular weight excluding hydrogens is 409 g/mol. The Bertz CT molecular complexity index is 1040. The van der Waals surface area contributed by atoms with Crippen LogP contribution in [0.2, 0.25) is 0 Å². The third-order valence-corrected chi connectivity index (χ3v) is 4.27. The average Bonchev–Trinajstić information content (AvgIpc) is 2.76. The van der Waals surface area contributed by atoms with Crippen LogP contribution in [0.3, 0.4) is 0 Å². The van der Waals surface area contributed by atoms with Crippen molar-refractivity contribution in [1.82, 2.24) is 0 Å². The summed E-state index contributed by atoms with van der Waals surface area (Å²) in [5, 5.41) is 0. The molecule has 0 saturated carbocycles. The van der Waals surface area contributed by atoms with E-state index in [0.717, 1.165) is 11.1 Å². The molecule has 0 bridgehead atoms. The van der Waals surface area contributed by atoms with Crippen molar-refractivity contribution < 1.29 is 32.2 Å². The summed E-state index contributed by atoms with van der Waals surface area (Å²) in [5.74, 6) is -0.275. The monoisotopic (exact) mass is 428 g/mol. The van der Waals surface area contributed by atoms with Crippen LogP contribution in [0.15, 0.2) is 78.9 Å². The highest BCUT2D eigenvalue weighted by Gasteiger charge is 2.30. The number of ether oxygens (including phenoxy) is 3. The predicted molar refractivity (Wildman–Crippen MR) is 110 cm³/mol. The van der Waals surface area contributed by atoms with Crippen molar-refractivity contribution in [3.05, 3.63) is 90.0 Å². The lowest BCUT2D eigenvalue weighted by molar-refractivity contribution is -0.274. The fourth-order valence-electron chi connectivity index (χ4n) is 2.80. The van der Waals surface area contributed by atoms with Crippen molar-refractivity contribution in [1.29, 1.82) is 0 Å². The highest BCUT2D eigenvalue weighted by Crippen LogP contribution is 2.30. The van der Waals surface area contributed by atoms with Crippen molar-refractivity contribution in [3.8, 4) is 22.6 Å². The van der Waals surface area contributed by atoms with Gasteiger partial charge < -0.3 is 14.2 Å². The van der Waals surface area contributed by atoms with Gasteiger partial charge in [-0.1, -0.05) is 48.5 Å². The van der Waals surface area contributed by atoms with Crippen LogP contribution in [-0.4, -0.2) is 19.4 Å². The third-order valence-electron chi connectivity index (χ3n) is 4.27. The quantitative estimate of drug-likeness (QED) is 0.341. The molecule has 0 radical (unpaired) electrons. The summed E-state index contributed by atoms with van der Waals surface area (Å²) in [6, 6.07) is 20.4. The fraction of sp³-hybridized carbons (Fsp3) is 0.125. The number of esters is 1. The number of halogens is 3. The molecule has 4 nitrogen and oxygen atoms in total. The number of benzene rings is 3. The van der Waals surface area contributed by atoms with Crippen LogP contribution in [0.5, 0.6) is 11.5 Å². The standard InChI is InChI=1S/C24H19F3O4/c1-29-23(28)14-10-20-15-19(18-7-11-21(12-8-18)31-24(25,26)27)9-13-22(20)30-16-17-5-3-2-4-6-17/h2-15H,16H2,1H3/b14-10-. The van der Waals surface area contributed by atoms with Crippen molar-refractivity contribution in [2.45, 2.75) is 13.0 Å². The van der Waals surface area contributed by atoms with Crippen LogP contribution in [0.25, 0.3) is 17.2 Å². The van der Waals surface area contributed by atoms with Crippen LogP contribution in [0.1, 0.15) is 11.1 Å². The lowest BCUT2D eigenvalue weighted by Crippen LogP contribution is -2.16. The second-order valence-electron chi connectivity index (χ2n) is 6.46. The Kier molecular flexibility index (Phi) is 6.97. The summed E-state index contributed by atoms with van der Waals surface area (Å²) in [7, 11) is 1.28. The highest BCUT2D eigenvalue weighted by molar-refractivity contribution is 5.88. The van der Waals surface area contributed by atoms with Gasteiger partial charge in [-0.15, -0.1) is 13.2 Å². The number of hydrogen-bond acceptors (Lipinski definition) is 4. The van der Waals surface area contributed by atoms with Gasteiger partial charge in [0.05, 0.1) is 7.11 Å². The first kappa shape index (κ1) is 22.0. The van der Waals surface area contributed by atoms with Crippen molar-refractivity contribution in [2.24, 2.45) is 0 Å². The Labute approximate surface area is 177 Å². The maximum Gasteiger partial charge on any atom is 0.573 e. The molecule has 0 N–H and O–H groups in total. The van der Waals surface area contributed by atoms with E-state index in [4.69, 9.17) is 4.74 Å². The van der Waals surface area contributed by atoms with E-state index in [9.17, 15) is 18.0 Å². The first-order valence-electron chi connectivity index (χ1n) is 9.27. The van der Waals surface area contributed by atoms with E-state index in [1.165, 1.54) is 37.5 Å². The second-order valence-corrected chi connectivity index (χ2v) is 6.46. The Morgan fingerprint density at radius 1 is 0.935 bits per heavy atom. The molecule has 0 saturated heterocycles. The van der Waals surface area contributed by atoms with Gasteiger partial charge in [-0.25, -0.2) is 4.79 Å². The molecular formula is C24H19F3O4. The Hall–Kier alpha value is -3.74. The summed E-state index contributed by atoms with van der Waals surface area (Å²) in [6.45, 7) is 0.336. The second kappa shape index (κ2) is 9.84. The van der Waals surface area contributed by atoms with E-state index in [2.05, 4.69) is 9.47 Å². The van der Waals surface area contributed by atoms with E-state index in [-0.39, 0.29) is 5.75 Å². The van der Waals surface area contributed by atoms with Crippen LogP contribution < -0.4 is 9.47 Å². The van der Waals surface area contributed by atoms with Gasteiger partial charge >= 0.3 is 12.3 Å². The Morgan fingerprint density at radius 3 is 2.26 bits per heavy atom. The molecule has 0 amide bonds. The zero-order valence-electron chi connectivity index (χ0n) is 16.6. The summed E-state index contributed by atoms with van der Waals surface area (Å²) in [6.07, 6.45) is -1.91. The lowest BCUT2D eigenvalue weighted by Gasteiger charge is -2.12. The van der Waals surface area contributed by atoms with Crippen LogP contribution in [0, 0.1) is 0 Å². The molecule has 160 valence electrons. The van der Waals surface area contributed by atoms with Gasteiger partial charge in [0.25, 0.3) is 0 Å². The number of alkyl halides is 3. The van der Waals surface area contributed by atoms with E-state index < -0.39 is 12.3 Å². The smallest absolute Gasteiger partial charge is 0.488 e. The van der Waals surface area contributed by atoms with Gasteiger partial charge in [0, 0.05) is 11.6 Å². The van der Waals surface area contributed by atoms with Gasteiger partial charge in [0.1, 0.15) is 18.1 Å². The predicted octanol–water partition coefficient (Wildman–Crippen LogP) is 6.02. The van der Waals surface area contributed by atoms with Gasteiger partial charge in [0.15, 0.2) is 0 Å². The molecule has 0 heterocycles. The number of carbonyl (C=O) groups excluding carboxylic acids is 1. The van der Waals surface area contributed by atoms with Gasteiger partial charge in [0.2, 0.25) is 0 Å². The van der Waals surface area contributed by atoms with Crippen molar-refractivity contribution in [3.63, 3.8) is 0 Å². The highest BCUT2D eigenvalue weighted by atomic mass is 19.4. The Balaban J connectivity index is 1.86. The van der Waals surface area contributed by atoms with Crippen molar-refractivity contribution >= 4 is 12.0 Å². The first-order chi connectivity index (χ1) is 14.8. The van der Waals surface area contributed by atoms with Gasteiger partial charge in [-0.05, 0) is 47.0 Å². The molecule has 3 rings (SSSR count). The maximum absolute atomic E-state index is 12.4. The van der Waals surface area contributed by atoms with Crippen LogP contribution in [-0.2, 0) is 16.1 Å². The summed E-state index contributed by atoms with van der Waals surface area (Å²) in [4.78, 5) is 11.5. The topological polar surface area (TPSA) is 44.8 Å². The molecule has 0 aliphatic carbocycles. The molecule has 3 aromatic carbocycles.